The molecule has 146 valence electrons. The van der Waals surface area contributed by atoms with Crippen molar-refractivity contribution in [3.8, 4) is 5.88 Å². The lowest BCUT2D eigenvalue weighted by Gasteiger charge is -2.26. The molecule has 0 amide bonds. The molecule has 2 aromatic rings. The van der Waals surface area contributed by atoms with E-state index in [1.807, 2.05) is 24.3 Å². The Hall–Kier alpha value is -2.38. The number of nitrogens with one attached hydrogen (secondary N) is 1. The summed E-state index contributed by atoms with van der Waals surface area (Å²) < 4.78 is 5.64. The van der Waals surface area contributed by atoms with Crippen LogP contribution in [-0.2, 0) is 6.54 Å². The minimum absolute atomic E-state index is 0. The summed E-state index contributed by atoms with van der Waals surface area (Å²) >= 11 is 0. The monoisotopic (exact) mass is 392 g/mol. The number of hydrogen-bond donors (Lipinski definition) is 2. The number of rotatable bonds is 8. The van der Waals surface area contributed by atoms with Crippen LogP contribution in [-0.4, -0.2) is 36.1 Å². The van der Waals surface area contributed by atoms with Crippen molar-refractivity contribution in [1.82, 2.24) is 9.88 Å². The molecule has 1 aromatic carbocycles. The van der Waals surface area contributed by atoms with Gasteiger partial charge in [0.1, 0.15) is 18.0 Å². The molecule has 3 N–H and O–H groups in total. The first-order chi connectivity index (χ1) is 12.6. The number of piperidine rings is 1. The molecule has 1 aliphatic rings. The minimum atomic E-state index is -0.615. The highest BCUT2D eigenvalue weighted by atomic mass is 35.5. The standard InChI is InChI=1S/C19H24N4O3.ClH/c20-16-17(19(25)18(16)24)22-7-2-5-11-26-15-12-14(6-8-21-15)13-23-9-3-1-4-10-23;/h2,5-6,8,12,22H,1,3-4,7,9-11,13,20H2;1H. The van der Waals surface area contributed by atoms with Crippen LogP contribution in [0, 0.1) is 0 Å². The smallest absolute Gasteiger partial charge is 0.253 e. The number of nitrogen functional groups attached to an aromatic ring is 1. The average Bonchev–Trinajstić information content (AvgIpc) is 2.67. The molecule has 0 radical (unpaired) electrons. The van der Waals surface area contributed by atoms with Gasteiger partial charge in [0.15, 0.2) is 0 Å². The maximum absolute atomic E-state index is 11.2. The Morgan fingerprint density at radius 1 is 1.19 bits per heavy atom. The second-order valence-corrected chi connectivity index (χ2v) is 6.45. The van der Waals surface area contributed by atoms with Crippen LogP contribution in [0.1, 0.15) is 24.8 Å². The van der Waals surface area contributed by atoms with Crippen LogP contribution < -0.4 is 26.6 Å². The van der Waals surface area contributed by atoms with Gasteiger partial charge in [-0.15, -0.1) is 12.4 Å². The summed E-state index contributed by atoms with van der Waals surface area (Å²) in [5.74, 6) is 0.601. The lowest BCUT2D eigenvalue weighted by molar-refractivity contribution is 0.220. The topological polar surface area (TPSA) is 97.6 Å². The highest BCUT2D eigenvalue weighted by Gasteiger charge is 2.16. The van der Waals surface area contributed by atoms with E-state index in [4.69, 9.17) is 10.5 Å². The Morgan fingerprint density at radius 3 is 2.70 bits per heavy atom. The minimum Gasteiger partial charge on any atom is -0.473 e. The molecule has 0 saturated carbocycles. The molecular formula is C19H25ClN4O3. The van der Waals surface area contributed by atoms with Crippen molar-refractivity contribution in [3.05, 3.63) is 56.5 Å². The van der Waals surface area contributed by atoms with Crippen LogP contribution in [0.2, 0.25) is 0 Å². The molecule has 3 rings (SSSR count). The van der Waals surface area contributed by atoms with E-state index in [1.165, 1.54) is 24.8 Å². The quantitative estimate of drug-likeness (QED) is 0.521. The van der Waals surface area contributed by atoms with Gasteiger partial charge in [-0.3, -0.25) is 14.5 Å². The van der Waals surface area contributed by atoms with Crippen LogP contribution in [0.4, 0.5) is 11.4 Å². The van der Waals surface area contributed by atoms with Gasteiger partial charge in [0.05, 0.1) is 0 Å². The number of anilines is 2. The Bertz CT molecular complexity index is 840. The second kappa shape index (κ2) is 10.1. The van der Waals surface area contributed by atoms with E-state index in [2.05, 4.69) is 15.2 Å². The number of pyridine rings is 1. The number of nitrogens with zero attached hydrogens (tertiary/aromatic N) is 2. The zero-order valence-electron chi connectivity index (χ0n) is 15.1. The summed E-state index contributed by atoms with van der Waals surface area (Å²) in [4.78, 5) is 28.9. The number of hydrogen-bond acceptors (Lipinski definition) is 7. The third-order valence-electron chi connectivity index (χ3n) is 4.49. The van der Waals surface area contributed by atoms with Gasteiger partial charge in [-0.2, -0.15) is 0 Å². The van der Waals surface area contributed by atoms with E-state index in [1.54, 1.807) is 6.20 Å². The molecule has 1 aromatic heterocycles. The molecule has 2 heterocycles. The molecule has 0 atom stereocenters. The molecule has 1 aliphatic heterocycles. The van der Waals surface area contributed by atoms with Crippen molar-refractivity contribution in [2.24, 2.45) is 0 Å². The first kappa shape index (κ1) is 20.9. The van der Waals surface area contributed by atoms with E-state index in [0.717, 1.165) is 19.6 Å². The van der Waals surface area contributed by atoms with E-state index >= 15 is 0 Å². The Labute approximate surface area is 164 Å². The summed E-state index contributed by atoms with van der Waals surface area (Å²) in [6.07, 6.45) is 9.29. The zero-order chi connectivity index (χ0) is 18.4. The third-order valence-corrected chi connectivity index (χ3v) is 4.49. The maximum Gasteiger partial charge on any atom is 0.253 e. The summed E-state index contributed by atoms with van der Waals surface area (Å²) in [6, 6.07) is 4.00. The molecule has 1 fully saturated rings. The van der Waals surface area contributed by atoms with E-state index < -0.39 is 10.9 Å². The number of halogens is 1. The Balaban J connectivity index is 0.00000261. The van der Waals surface area contributed by atoms with Crippen molar-refractivity contribution < 1.29 is 4.74 Å². The van der Waals surface area contributed by atoms with Gasteiger partial charge >= 0.3 is 0 Å². The van der Waals surface area contributed by atoms with Gasteiger partial charge in [-0.25, -0.2) is 4.98 Å². The average molecular weight is 393 g/mol. The number of ether oxygens (including phenoxy) is 1. The van der Waals surface area contributed by atoms with Crippen molar-refractivity contribution >= 4 is 23.8 Å². The highest BCUT2D eigenvalue weighted by molar-refractivity contribution is 5.85. The van der Waals surface area contributed by atoms with Crippen molar-refractivity contribution in [1.29, 1.82) is 0 Å². The molecule has 0 aliphatic carbocycles. The summed E-state index contributed by atoms with van der Waals surface area (Å²) in [5.41, 5.74) is 5.69. The lowest BCUT2D eigenvalue weighted by Crippen LogP contribution is -2.37. The predicted octanol–water partition coefficient (Wildman–Crippen LogP) is 1.71. The summed E-state index contributed by atoms with van der Waals surface area (Å²) in [7, 11) is 0. The number of likely N-dealkylation sites (tertiary alicyclic amines) is 1. The fourth-order valence-electron chi connectivity index (χ4n) is 3.03. The van der Waals surface area contributed by atoms with Crippen LogP contribution in [0.3, 0.4) is 0 Å². The predicted molar refractivity (Wildman–Crippen MR) is 110 cm³/mol. The molecule has 7 nitrogen and oxygen atoms in total. The fraction of sp³-hybridized carbons (Fsp3) is 0.421. The van der Waals surface area contributed by atoms with Crippen molar-refractivity contribution in [2.45, 2.75) is 25.8 Å². The summed E-state index contributed by atoms with van der Waals surface area (Å²) in [6.45, 7) is 4.03. The van der Waals surface area contributed by atoms with E-state index in [-0.39, 0.29) is 23.8 Å². The van der Waals surface area contributed by atoms with Crippen molar-refractivity contribution in [2.75, 3.05) is 37.3 Å². The first-order valence-corrected chi connectivity index (χ1v) is 8.93. The molecular weight excluding hydrogens is 368 g/mol. The molecule has 0 bridgehead atoms. The number of aromatic nitrogens is 1. The van der Waals surface area contributed by atoms with Crippen molar-refractivity contribution in [3.63, 3.8) is 0 Å². The first-order valence-electron chi connectivity index (χ1n) is 8.93. The van der Waals surface area contributed by atoms with Crippen LogP contribution in [0.5, 0.6) is 5.88 Å². The number of nitrogens with two attached hydrogens (primary N) is 1. The molecule has 8 heteroatoms. The van der Waals surface area contributed by atoms with Gasteiger partial charge in [0.2, 0.25) is 5.88 Å². The SMILES string of the molecule is Cl.Nc1c(NCC=CCOc2cc(CN3CCCCC3)ccn2)c(=O)c1=O. The zero-order valence-corrected chi connectivity index (χ0v) is 16.0. The van der Waals surface area contributed by atoms with E-state index in [9.17, 15) is 9.59 Å². The second-order valence-electron chi connectivity index (χ2n) is 6.45. The fourth-order valence-corrected chi connectivity index (χ4v) is 3.03. The van der Waals surface area contributed by atoms with E-state index in [0.29, 0.717) is 19.0 Å². The van der Waals surface area contributed by atoms with Gasteiger partial charge in [0, 0.05) is 25.4 Å². The van der Waals surface area contributed by atoms with Gasteiger partial charge in [-0.1, -0.05) is 12.5 Å². The van der Waals surface area contributed by atoms with Crippen LogP contribution >= 0.6 is 12.4 Å². The van der Waals surface area contributed by atoms with Crippen LogP contribution in [0.25, 0.3) is 0 Å². The maximum atomic E-state index is 11.2. The lowest BCUT2D eigenvalue weighted by atomic mass is 10.1. The molecule has 0 unspecified atom stereocenters. The van der Waals surface area contributed by atoms with Gasteiger partial charge in [-0.05, 0) is 43.6 Å². The Kier molecular flexibility index (Phi) is 7.82. The third kappa shape index (κ3) is 5.55. The molecule has 27 heavy (non-hydrogen) atoms. The molecule has 0 spiro atoms. The highest BCUT2D eigenvalue weighted by Crippen LogP contribution is 2.15. The Morgan fingerprint density at radius 2 is 1.96 bits per heavy atom. The van der Waals surface area contributed by atoms with Gasteiger partial charge in [0.25, 0.3) is 10.9 Å². The van der Waals surface area contributed by atoms with Gasteiger partial charge < -0.3 is 15.8 Å². The molecule has 1 saturated heterocycles. The summed E-state index contributed by atoms with van der Waals surface area (Å²) in [5, 5.41) is 2.82. The largest absolute Gasteiger partial charge is 0.473 e. The normalized spacial score (nSPS) is 15.0. The van der Waals surface area contributed by atoms with Crippen LogP contribution in [0.15, 0.2) is 40.1 Å².